The molecule has 0 saturated heterocycles. The summed E-state index contributed by atoms with van der Waals surface area (Å²) in [6.45, 7) is 2.69. The average molecular weight is 219 g/mol. The highest BCUT2D eigenvalue weighted by atomic mass is 16.5. The number of rotatable bonds is 5. The standard InChI is InChI=1S/C12H17N3O/c1-3-11(8-16-2)15-12-5-4-10(14)6-9(12)7-13/h4-6,11,15H,3,8,14H2,1-2H3. The lowest BCUT2D eigenvalue weighted by atomic mass is 10.1. The van der Waals surface area contributed by atoms with Crippen molar-refractivity contribution in [2.75, 3.05) is 24.8 Å². The quantitative estimate of drug-likeness (QED) is 0.743. The van der Waals surface area contributed by atoms with Crippen molar-refractivity contribution in [3.8, 4) is 6.07 Å². The monoisotopic (exact) mass is 219 g/mol. The van der Waals surface area contributed by atoms with E-state index >= 15 is 0 Å². The smallest absolute Gasteiger partial charge is 0.101 e. The molecule has 0 aliphatic carbocycles. The number of hydrogen-bond donors (Lipinski definition) is 2. The van der Waals surface area contributed by atoms with Crippen molar-refractivity contribution < 1.29 is 4.74 Å². The lowest BCUT2D eigenvalue weighted by molar-refractivity contribution is 0.184. The highest BCUT2D eigenvalue weighted by Crippen LogP contribution is 2.19. The zero-order valence-corrected chi connectivity index (χ0v) is 9.66. The summed E-state index contributed by atoms with van der Waals surface area (Å²) in [6, 6.07) is 7.61. The molecule has 0 bridgehead atoms. The highest BCUT2D eigenvalue weighted by molar-refractivity contribution is 5.63. The van der Waals surface area contributed by atoms with E-state index in [1.807, 2.05) is 6.07 Å². The van der Waals surface area contributed by atoms with Crippen LogP contribution in [-0.2, 0) is 4.74 Å². The van der Waals surface area contributed by atoms with Crippen LogP contribution in [0.5, 0.6) is 0 Å². The van der Waals surface area contributed by atoms with Gasteiger partial charge in [0, 0.05) is 18.8 Å². The molecule has 1 atom stereocenters. The van der Waals surface area contributed by atoms with E-state index < -0.39 is 0 Å². The van der Waals surface area contributed by atoms with E-state index in [2.05, 4.69) is 18.3 Å². The Bertz CT molecular complexity index is 384. The molecule has 0 aliphatic rings. The van der Waals surface area contributed by atoms with Crippen molar-refractivity contribution >= 4 is 11.4 Å². The van der Waals surface area contributed by atoms with E-state index in [-0.39, 0.29) is 6.04 Å². The molecule has 0 radical (unpaired) electrons. The Balaban J connectivity index is 2.83. The van der Waals surface area contributed by atoms with Gasteiger partial charge in [-0.1, -0.05) is 6.92 Å². The van der Waals surface area contributed by atoms with Gasteiger partial charge in [-0.2, -0.15) is 5.26 Å². The minimum absolute atomic E-state index is 0.209. The second kappa shape index (κ2) is 5.99. The van der Waals surface area contributed by atoms with E-state index in [1.54, 1.807) is 19.2 Å². The fraction of sp³-hybridized carbons (Fsp3) is 0.417. The van der Waals surface area contributed by atoms with Crippen molar-refractivity contribution in [3.63, 3.8) is 0 Å². The van der Waals surface area contributed by atoms with Gasteiger partial charge in [0.2, 0.25) is 0 Å². The first kappa shape index (κ1) is 12.3. The molecule has 3 N–H and O–H groups in total. The summed E-state index contributed by atoms with van der Waals surface area (Å²) in [6.07, 6.45) is 0.934. The van der Waals surface area contributed by atoms with Crippen LogP contribution in [0.1, 0.15) is 18.9 Å². The molecule has 86 valence electrons. The van der Waals surface area contributed by atoms with Crippen LogP contribution in [0.3, 0.4) is 0 Å². The van der Waals surface area contributed by atoms with E-state index in [0.29, 0.717) is 17.9 Å². The molecule has 0 heterocycles. The summed E-state index contributed by atoms with van der Waals surface area (Å²) in [5.41, 5.74) is 7.59. The molecule has 0 amide bonds. The summed E-state index contributed by atoms with van der Waals surface area (Å²) in [5.74, 6) is 0. The normalized spacial score (nSPS) is 11.8. The van der Waals surface area contributed by atoms with E-state index in [4.69, 9.17) is 15.7 Å². The predicted octanol–water partition coefficient (Wildman–Crippen LogP) is 1.98. The van der Waals surface area contributed by atoms with Crippen LogP contribution in [0.2, 0.25) is 0 Å². The van der Waals surface area contributed by atoms with E-state index in [0.717, 1.165) is 12.1 Å². The number of nitrogens with two attached hydrogens (primary N) is 1. The molecule has 0 aromatic heterocycles. The van der Waals surface area contributed by atoms with Gasteiger partial charge < -0.3 is 15.8 Å². The van der Waals surface area contributed by atoms with Crippen molar-refractivity contribution in [1.82, 2.24) is 0 Å². The lowest BCUT2D eigenvalue weighted by Gasteiger charge is -2.18. The Kier molecular flexibility index (Phi) is 4.62. The summed E-state index contributed by atoms with van der Waals surface area (Å²) < 4.78 is 5.09. The molecule has 1 unspecified atom stereocenters. The van der Waals surface area contributed by atoms with Crippen LogP contribution in [0.15, 0.2) is 18.2 Å². The molecular weight excluding hydrogens is 202 g/mol. The zero-order valence-electron chi connectivity index (χ0n) is 9.66. The van der Waals surface area contributed by atoms with Gasteiger partial charge in [0.15, 0.2) is 0 Å². The number of nitrogens with zero attached hydrogens (tertiary/aromatic N) is 1. The number of nitrogens with one attached hydrogen (secondary N) is 1. The highest BCUT2D eigenvalue weighted by Gasteiger charge is 2.08. The third-order valence-electron chi connectivity index (χ3n) is 2.38. The first-order valence-electron chi connectivity index (χ1n) is 5.26. The predicted molar refractivity (Wildman–Crippen MR) is 65.1 cm³/mol. The van der Waals surface area contributed by atoms with Gasteiger partial charge in [0.1, 0.15) is 6.07 Å². The Morgan fingerprint density at radius 1 is 1.56 bits per heavy atom. The largest absolute Gasteiger partial charge is 0.399 e. The van der Waals surface area contributed by atoms with Gasteiger partial charge in [-0.25, -0.2) is 0 Å². The molecule has 4 nitrogen and oxygen atoms in total. The van der Waals surface area contributed by atoms with Gasteiger partial charge >= 0.3 is 0 Å². The van der Waals surface area contributed by atoms with Crippen molar-refractivity contribution in [3.05, 3.63) is 23.8 Å². The SMILES string of the molecule is CCC(COC)Nc1ccc(N)cc1C#N. The van der Waals surface area contributed by atoms with Gasteiger partial charge in [0.05, 0.1) is 17.9 Å². The molecule has 0 aliphatic heterocycles. The Morgan fingerprint density at radius 2 is 2.31 bits per heavy atom. The van der Waals surface area contributed by atoms with Crippen molar-refractivity contribution in [2.24, 2.45) is 0 Å². The van der Waals surface area contributed by atoms with Crippen LogP contribution in [0.25, 0.3) is 0 Å². The summed E-state index contributed by atoms with van der Waals surface area (Å²) in [5, 5.41) is 12.3. The summed E-state index contributed by atoms with van der Waals surface area (Å²) >= 11 is 0. The third kappa shape index (κ3) is 3.14. The molecule has 1 aromatic rings. The lowest BCUT2D eigenvalue weighted by Crippen LogP contribution is -2.24. The number of nitriles is 1. The van der Waals surface area contributed by atoms with Crippen LogP contribution >= 0.6 is 0 Å². The van der Waals surface area contributed by atoms with Crippen LogP contribution in [0.4, 0.5) is 11.4 Å². The summed E-state index contributed by atoms with van der Waals surface area (Å²) in [7, 11) is 1.67. The van der Waals surface area contributed by atoms with E-state index in [9.17, 15) is 0 Å². The number of benzene rings is 1. The average Bonchev–Trinajstić information content (AvgIpc) is 2.30. The van der Waals surface area contributed by atoms with Gasteiger partial charge in [-0.3, -0.25) is 0 Å². The number of anilines is 2. The fourth-order valence-corrected chi connectivity index (χ4v) is 1.46. The van der Waals surface area contributed by atoms with Crippen molar-refractivity contribution in [2.45, 2.75) is 19.4 Å². The molecule has 1 aromatic carbocycles. The van der Waals surface area contributed by atoms with Gasteiger partial charge in [0.25, 0.3) is 0 Å². The fourth-order valence-electron chi connectivity index (χ4n) is 1.46. The van der Waals surface area contributed by atoms with Crippen LogP contribution in [-0.4, -0.2) is 19.8 Å². The molecule has 0 saturated carbocycles. The minimum Gasteiger partial charge on any atom is -0.399 e. The maximum Gasteiger partial charge on any atom is 0.101 e. The second-order valence-corrected chi connectivity index (χ2v) is 3.62. The molecule has 16 heavy (non-hydrogen) atoms. The summed E-state index contributed by atoms with van der Waals surface area (Å²) in [4.78, 5) is 0. The number of ether oxygens (including phenoxy) is 1. The van der Waals surface area contributed by atoms with Gasteiger partial charge in [-0.15, -0.1) is 0 Å². The number of methoxy groups -OCH3 is 1. The van der Waals surface area contributed by atoms with Gasteiger partial charge in [-0.05, 0) is 24.6 Å². The maximum absolute atomic E-state index is 8.98. The van der Waals surface area contributed by atoms with Crippen LogP contribution in [0, 0.1) is 11.3 Å². The Morgan fingerprint density at radius 3 is 2.88 bits per heavy atom. The first-order chi connectivity index (χ1) is 7.71. The molecule has 1 rings (SSSR count). The van der Waals surface area contributed by atoms with Crippen molar-refractivity contribution in [1.29, 1.82) is 5.26 Å². The minimum atomic E-state index is 0.209. The zero-order chi connectivity index (χ0) is 12.0. The van der Waals surface area contributed by atoms with Crippen LogP contribution < -0.4 is 11.1 Å². The first-order valence-corrected chi connectivity index (χ1v) is 5.26. The topological polar surface area (TPSA) is 71.1 Å². The molecule has 4 heteroatoms. The molecule has 0 fully saturated rings. The Labute approximate surface area is 96.0 Å². The second-order valence-electron chi connectivity index (χ2n) is 3.62. The molecule has 0 spiro atoms. The molecular formula is C12H17N3O. The number of nitrogen functional groups attached to an aromatic ring is 1. The maximum atomic E-state index is 8.98. The number of hydrogen-bond acceptors (Lipinski definition) is 4. The third-order valence-corrected chi connectivity index (χ3v) is 2.38. The Hall–Kier alpha value is -1.73. The van der Waals surface area contributed by atoms with E-state index in [1.165, 1.54) is 0 Å².